The standard InChI is InChI=1S/C19H25NOS.C4H4O4/c1-18(2,3)20-15-11-10-14-7-4-5-8-16(14)19(21,13-15)17-9-6-12-22-17;5-3(6)1-2-4(7)8/h4-9,12,15,20-21H,10-11,13H2,1-3H3;1-2H,(H,5,6)(H,7,8)/b;2-1+/t15-,19+;/m0./s1. The van der Waals surface area contributed by atoms with E-state index in [1.54, 1.807) is 11.3 Å². The van der Waals surface area contributed by atoms with Crippen molar-refractivity contribution in [3.05, 3.63) is 69.9 Å². The lowest BCUT2D eigenvalue weighted by molar-refractivity contribution is -0.134. The number of rotatable bonds is 4. The highest BCUT2D eigenvalue weighted by Crippen LogP contribution is 2.41. The van der Waals surface area contributed by atoms with Gasteiger partial charge in [0.25, 0.3) is 0 Å². The Morgan fingerprint density at radius 2 is 1.73 bits per heavy atom. The number of benzene rings is 1. The normalized spacial score (nSPS) is 21.3. The largest absolute Gasteiger partial charge is 0.478 e. The van der Waals surface area contributed by atoms with Gasteiger partial charge in [-0.15, -0.1) is 11.3 Å². The molecule has 0 saturated heterocycles. The number of carboxylic acids is 2. The van der Waals surface area contributed by atoms with Crippen LogP contribution in [0.4, 0.5) is 0 Å². The van der Waals surface area contributed by atoms with E-state index in [2.05, 4.69) is 50.4 Å². The van der Waals surface area contributed by atoms with Crippen molar-refractivity contribution >= 4 is 23.3 Å². The smallest absolute Gasteiger partial charge is 0.328 e. The molecule has 2 atom stereocenters. The predicted molar refractivity (Wildman–Crippen MR) is 118 cm³/mol. The highest BCUT2D eigenvalue weighted by atomic mass is 32.1. The van der Waals surface area contributed by atoms with E-state index in [1.807, 2.05) is 17.5 Å². The van der Waals surface area contributed by atoms with Crippen molar-refractivity contribution in [2.75, 3.05) is 0 Å². The summed E-state index contributed by atoms with van der Waals surface area (Å²) in [6, 6.07) is 12.8. The second kappa shape index (κ2) is 10.0. The second-order valence-electron chi connectivity index (χ2n) is 8.34. The molecule has 6 nitrogen and oxygen atoms in total. The number of hydrogen-bond donors (Lipinski definition) is 4. The Labute approximate surface area is 180 Å². The third-order valence-corrected chi connectivity index (χ3v) is 5.72. The average molecular weight is 432 g/mol. The number of carboxylic acid groups (broad SMARTS) is 2. The number of aliphatic hydroxyl groups is 1. The van der Waals surface area contributed by atoms with Crippen LogP contribution in [0.3, 0.4) is 0 Å². The Kier molecular flexibility index (Phi) is 7.95. The van der Waals surface area contributed by atoms with Crippen molar-refractivity contribution in [3.63, 3.8) is 0 Å². The van der Waals surface area contributed by atoms with Crippen LogP contribution in [0.2, 0.25) is 0 Å². The van der Waals surface area contributed by atoms with Crippen LogP contribution in [0.1, 0.15) is 49.6 Å². The van der Waals surface area contributed by atoms with Crippen LogP contribution in [0.25, 0.3) is 0 Å². The molecular formula is C23H29NO5S. The maximum Gasteiger partial charge on any atom is 0.328 e. The molecule has 7 heteroatoms. The van der Waals surface area contributed by atoms with E-state index < -0.39 is 17.5 Å². The fraction of sp³-hybridized carbons (Fsp3) is 0.391. The Bertz CT molecular complexity index is 869. The van der Waals surface area contributed by atoms with Gasteiger partial charge in [0.2, 0.25) is 0 Å². The van der Waals surface area contributed by atoms with Crippen molar-refractivity contribution in [2.45, 2.75) is 57.2 Å². The zero-order valence-corrected chi connectivity index (χ0v) is 18.3. The molecule has 1 aliphatic rings. The molecule has 0 unspecified atom stereocenters. The minimum Gasteiger partial charge on any atom is -0.478 e. The summed E-state index contributed by atoms with van der Waals surface area (Å²) in [5.74, 6) is -2.51. The summed E-state index contributed by atoms with van der Waals surface area (Å²) in [4.78, 5) is 20.2. The van der Waals surface area contributed by atoms with Crippen molar-refractivity contribution in [1.29, 1.82) is 0 Å². The highest BCUT2D eigenvalue weighted by Gasteiger charge is 2.39. The molecule has 0 fully saturated rings. The van der Waals surface area contributed by atoms with Crippen molar-refractivity contribution in [2.24, 2.45) is 0 Å². The van der Waals surface area contributed by atoms with Crippen LogP contribution in [-0.4, -0.2) is 38.8 Å². The molecule has 3 rings (SSSR count). The van der Waals surface area contributed by atoms with Crippen LogP contribution in [-0.2, 0) is 21.6 Å². The van der Waals surface area contributed by atoms with E-state index in [9.17, 15) is 14.7 Å². The van der Waals surface area contributed by atoms with E-state index >= 15 is 0 Å². The van der Waals surface area contributed by atoms with Gasteiger partial charge in [0, 0.05) is 35.0 Å². The topological polar surface area (TPSA) is 107 Å². The number of carbonyl (C=O) groups is 2. The summed E-state index contributed by atoms with van der Waals surface area (Å²) >= 11 is 1.64. The number of aliphatic carboxylic acids is 2. The number of thiophene rings is 1. The van der Waals surface area contributed by atoms with Crippen LogP contribution in [0.5, 0.6) is 0 Å². The maximum absolute atomic E-state index is 11.6. The lowest BCUT2D eigenvalue weighted by Crippen LogP contribution is -2.46. The zero-order valence-electron chi connectivity index (χ0n) is 17.5. The first kappa shape index (κ1) is 23.8. The molecule has 1 aromatic heterocycles. The van der Waals surface area contributed by atoms with E-state index in [0.717, 1.165) is 29.7 Å². The van der Waals surface area contributed by atoms with Gasteiger partial charge in [-0.3, -0.25) is 0 Å². The summed E-state index contributed by atoms with van der Waals surface area (Å²) < 4.78 is 0. The number of aryl methyl sites for hydroxylation is 1. The molecule has 1 heterocycles. The minimum atomic E-state index is -1.26. The first-order valence-electron chi connectivity index (χ1n) is 9.77. The molecule has 0 amide bonds. The van der Waals surface area contributed by atoms with Gasteiger partial charge in [-0.25, -0.2) is 9.59 Å². The van der Waals surface area contributed by atoms with Gasteiger partial charge in [0.1, 0.15) is 5.60 Å². The molecule has 30 heavy (non-hydrogen) atoms. The highest BCUT2D eigenvalue weighted by molar-refractivity contribution is 7.10. The SMILES string of the molecule is CC(C)(C)N[C@H]1CCc2ccccc2[C@@](O)(c2cccs2)C1.O=C(O)/C=C/C(=O)O. The molecule has 0 spiro atoms. The predicted octanol–water partition coefficient (Wildman–Crippen LogP) is 3.79. The van der Waals surface area contributed by atoms with Gasteiger partial charge in [-0.1, -0.05) is 30.3 Å². The first-order valence-corrected chi connectivity index (χ1v) is 10.7. The summed E-state index contributed by atoms with van der Waals surface area (Å²) in [7, 11) is 0. The van der Waals surface area contributed by atoms with Gasteiger partial charge in [-0.05, 0) is 56.2 Å². The molecule has 0 bridgehead atoms. The van der Waals surface area contributed by atoms with Gasteiger partial charge >= 0.3 is 11.9 Å². The minimum absolute atomic E-state index is 0.0531. The average Bonchev–Trinajstić information content (AvgIpc) is 3.15. The van der Waals surface area contributed by atoms with Crippen molar-refractivity contribution in [1.82, 2.24) is 5.32 Å². The number of fused-ring (bicyclic) bond motifs is 1. The van der Waals surface area contributed by atoms with Crippen LogP contribution >= 0.6 is 11.3 Å². The Morgan fingerprint density at radius 1 is 1.10 bits per heavy atom. The summed E-state index contributed by atoms with van der Waals surface area (Å²) in [6.45, 7) is 6.57. The number of hydrogen-bond acceptors (Lipinski definition) is 5. The fourth-order valence-electron chi connectivity index (χ4n) is 3.67. The van der Waals surface area contributed by atoms with Gasteiger partial charge in [-0.2, -0.15) is 0 Å². The van der Waals surface area contributed by atoms with E-state index in [1.165, 1.54) is 5.56 Å². The summed E-state index contributed by atoms with van der Waals surface area (Å²) in [5.41, 5.74) is 1.52. The van der Waals surface area contributed by atoms with Gasteiger partial charge in [0.05, 0.1) is 0 Å². The van der Waals surface area contributed by atoms with Crippen LogP contribution in [0.15, 0.2) is 53.9 Å². The van der Waals surface area contributed by atoms with E-state index in [0.29, 0.717) is 18.2 Å². The van der Waals surface area contributed by atoms with E-state index in [-0.39, 0.29) is 5.54 Å². The third kappa shape index (κ3) is 6.79. The molecule has 0 aliphatic heterocycles. The Balaban J connectivity index is 0.000000343. The Morgan fingerprint density at radius 3 is 2.27 bits per heavy atom. The molecule has 4 N–H and O–H groups in total. The van der Waals surface area contributed by atoms with Crippen LogP contribution < -0.4 is 5.32 Å². The number of nitrogens with one attached hydrogen (secondary N) is 1. The Hall–Kier alpha value is -2.48. The molecular weight excluding hydrogens is 402 g/mol. The summed E-state index contributed by atoms with van der Waals surface area (Å²) in [6.07, 6.45) is 3.91. The molecule has 1 aliphatic carbocycles. The van der Waals surface area contributed by atoms with Gasteiger partial charge in [0.15, 0.2) is 0 Å². The molecule has 1 aromatic carbocycles. The monoisotopic (exact) mass is 431 g/mol. The van der Waals surface area contributed by atoms with E-state index in [4.69, 9.17) is 10.2 Å². The lowest BCUT2D eigenvalue weighted by Gasteiger charge is -2.34. The molecule has 162 valence electrons. The second-order valence-corrected chi connectivity index (χ2v) is 9.29. The summed E-state index contributed by atoms with van der Waals surface area (Å²) in [5, 5.41) is 33.0. The third-order valence-electron chi connectivity index (χ3n) is 4.70. The maximum atomic E-state index is 11.6. The fourth-order valence-corrected chi connectivity index (χ4v) is 4.51. The lowest BCUT2D eigenvalue weighted by atomic mass is 9.85. The molecule has 0 saturated carbocycles. The van der Waals surface area contributed by atoms with Crippen LogP contribution in [0, 0.1) is 0 Å². The molecule has 2 aromatic rings. The van der Waals surface area contributed by atoms with Crippen molar-refractivity contribution < 1.29 is 24.9 Å². The molecule has 0 radical (unpaired) electrons. The van der Waals surface area contributed by atoms with Gasteiger partial charge < -0.3 is 20.6 Å². The zero-order chi connectivity index (χ0) is 22.4. The quantitative estimate of drug-likeness (QED) is 0.433. The van der Waals surface area contributed by atoms with Crippen molar-refractivity contribution in [3.8, 4) is 0 Å². The first-order chi connectivity index (χ1) is 14.0.